The summed E-state index contributed by atoms with van der Waals surface area (Å²) in [7, 11) is -3.93. The molecule has 0 bridgehead atoms. The molecule has 0 saturated carbocycles. The van der Waals surface area contributed by atoms with Crippen LogP contribution in [-0.2, 0) is 14.8 Å². The molecule has 6 nitrogen and oxygen atoms in total. The van der Waals surface area contributed by atoms with Crippen LogP contribution in [0, 0.1) is 0 Å². The molecule has 2 aromatic carbocycles. The van der Waals surface area contributed by atoms with Crippen LogP contribution in [0.25, 0.3) is 0 Å². The molecule has 30 heavy (non-hydrogen) atoms. The first-order chi connectivity index (χ1) is 14.2. The minimum Gasteiger partial charge on any atom is -0.372 e. The van der Waals surface area contributed by atoms with E-state index < -0.39 is 26.7 Å². The number of rotatable bonds is 3. The highest BCUT2D eigenvalue weighted by atomic mass is 32.2. The molecule has 1 amide bonds. The molecule has 0 radical (unpaired) electrons. The zero-order valence-corrected chi connectivity index (χ0v) is 18.4. The lowest BCUT2D eigenvalue weighted by atomic mass is 10.0. The molecule has 2 saturated heterocycles. The van der Waals surface area contributed by atoms with Crippen molar-refractivity contribution < 1.29 is 13.2 Å². The Labute approximate surface area is 178 Å². The van der Waals surface area contributed by atoms with Gasteiger partial charge in [-0.15, -0.1) is 0 Å². The lowest BCUT2D eigenvalue weighted by Crippen LogP contribution is -2.45. The predicted molar refractivity (Wildman–Crippen MR) is 120 cm³/mol. The molecule has 2 aliphatic rings. The molecule has 2 fully saturated rings. The maximum absolute atomic E-state index is 13.4. The number of carbonyl (C=O) groups excluding carboxylic acids is 1. The normalized spacial score (nSPS) is 22.8. The second-order valence-electron chi connectivity index (χ2n) is 8.78. The lowest BCUT2D eigenvalue weighted by Gasteiger charge is -2.30. The minimum absolute atomic E-state index is 0.0463. The summed E-state index contributed by atoms with van der Waals surface area (Å²) in [5.41, 5.74) is 1.42. The van der Waals surface area contributed by atoms with Gasteiger partial charge in [0, 0.05) is 18.8 Å². The van der Waals surface area contributed by atoms with Gasteiger partial charge in [0.05, 0.1) is 11.2 Å². The number of anilines is 1. The number of hydrogen-bond acceptors (Lipinski definition) is 5. The molecule has 158 valence electrons. The number of nitrogens with zero attached hydrogens (tertiary/aromatic N) is 3. The van der Waals surface area contributed by atoms with Gasteiger partial charge in [-0.3, -0.25) is 4.79 Å². The zero-order chi connectivity index (χ0) is 21.5. The summed E-state index contributed by atoms with van der Waals surface area (Å²) in [6.45, 7) is 7.25. The first kappa shape index (κ1) is 20.6. The summed E-state index contributed by atoms with van der Waals surface area (Å²) in [6, 6.07) is 16.5. The van der Waals surface area contributed by atoms with Crippen molar-refractivity contribution in [2.75, 3.05) is 18.0 Å². The standard InChI is InChI=1S/C23H27N3O3S/c1-23(2,3)26-22(27)20(21(30(26,28)29)17-9-5-4-6-10-17)24-18-11-13-19(14-12-18)25-15-7-8-16-25/h4-6,9-14,21H,7-8,15-16H2,1-3H3. The van der Waals surface area contributed by atoms with Crippen molar-refractivity contribution in [1.82, 2.24) is 4.31 Å². The first-order valence-corrected chi connectivity index (χ1v) is 11.8. The Hall–Kier alpha value is -2.67. The van der Waals surface area contributed by atoms with Crippen LogP contribution in [0.3, 0.4) is 0 Å². The molecule has 1 unspecified atom stereocenters. The van der Waals surface area contributed by atoms with E-state index in [4.69, 9.17) is 0 Å². The highest BCUT2D eigenvalue weighted by Crippen LogP contribution is 2.39. The molecule has 2 heterocycles. The van der Waals surface area contributed by atoms with E-state index in [0.717, 1.165) is 23.1 Å². The van der Waals surface area contributed by atoms with Crippen molar-refractivity contribution in [2.24, 2.45) is 4.99 Å². The van der Waals surface area contributed by atoms with E-state index in [1.165, 1.54) is 12.8 Å². The SMILES string of the molecule is CC(C)(C)N1C(=O)C(=Nc2ccc(N3CCCC3)cc2)C(c2ccccc2)S1(=O)=O. The molecular weight excluding hydrogens is 398 g/mol. The van der Waals surface area contributed by atoms with Gasteiger partial charge >= 0.3 is 0 Å². The largest absolute Gasteiger partial charge is 0.372 e. The minimum atomic E-state index is -3.93. The van der Waals surface area contributed by atoms with Gasteiger partial charge in [-0.2, -0.15) is 0 Å². The smallest absolute Gasteiger partial charge is 0.284 e. The Bertz CT molecular complexity index is 1060. The summed E-state index contributed by atoms with van der Waals surface area (Å²) in [6.07, 6.45) is 2.38. The molecular formula is C23H27N3O3S. The number of aliphatic imine (C=N–C) groups is 1. The van der Waals surface area contributed by atoms with Crippen molar-refractivity contribution in [3.05, 3.63) is 60.2 Å². The molecule has 2 aromatic rings. The van der Waals surface area contributed by atoms with Crippen molar-refractivity contribution in [3.63, 3.8) is 0 Å². The van der Waals surface area contributed by atoms with Crippen LogP contribution in [0.2, 0.25) is 0 Å². The third-order valence-corrected chi connectivity index (χ3v) is 7.80. The van der Waals surface area contributed by atoms with Gasteiger partial charge in [0.2, 0.25) is 0 Å². The van der Waals surface area contributed by atoms with E-state index in [1.54, 1.807) is 45.0 Å². The molecule has 0 aromatic heterocycles. The Kier molecular flexibility index (Phi) is 5.18. The van der Waals surface area contributed by atoms with Gasteiger partial charge in [-0.05, 0) is 63.4 Å². The van der Waals surface area contributed by atoms with Crippen molar-refractivity contribution in [3.8, 4) is 0 Å². The first-order valence-electron chi connectivity index (χ1n) is 10.3. The number of sulfonamides is 1. The number of benzene rings is 2. The van der Waals surface area contributed by atoms with Gasteiger partial charge < -0.3 is 4.90 Å². The van der Waals surface area contributed by atoms with Gasteiger partial charge in [0.15, 0.2) is 5.25 Å². The maximum atomic E-state index is 13.4. The fourth-order valence-corrected chi connectivity index (χ4v) is 6.42. The quantitative estimate of drug-likeness (QED) is 0.743. The summed E-state index contributed by atoms with van der Waals surface area (Å²) >= 11 is 0. The van der Waals surface area contributed by atoms with E-state index in [9.17, 15) is 13.2 Å². The second kappa shape index (κ2) is 7.54. The van der Waals surface area contributed by atoms with Crippen molar-refractivity contribution >= 4 is 33.0 Å². The van der Waals surface area contributed by atoms with E-state index in [0.29, 0.717) is 11.3 Å². The van der Waals surface area contributed by atoms with E-state index >= 15 is 0 Å². The van der Waals surface area contributed by atoms with E-state index in [-0.39, 0.29) is 5.71 Å². The van der Waals surface area contributed by atoms with Crippen molar-refractivity contribution in [2.45, 2.75) is 44.4 Å². The predicted octanol–water partition coefficient (Wildman–Crippen LogP) is 4.07. The molecule has 7 heteroatoms. The van der Waals surface area contributed by atoms with Crippen LogP contribution in [0.15, 0.2) is 59.6 Å². The monoisotopic (exact) mass is 425 g/mol. The fraction of sp³-hybridized carbons (Fsp3) is 0.391. The van der Waals surface area contributed by atoms with E-state index in [2.05, 4.69) is 9.89 Å². The lowest BCUT2D eigenvalue weighted by molar-refractivity contribution is -0.121. The summed E-state index contributed by atoms with van der Waals surface area (Å²) in [5, 5.41) is -1.11. The summed E-state index contributed by atoms with van der Waals surface area (Å²) < 4.78 is 27.8. The van der Waals surface area contributed by atoms with E-state index in [1.807, 2.05) is 30.3 Å². The Balaban J connectivity index is 1.78. The zero-order valence-electron chi connectivity index (χ0n) is 17.6. The van der Waals surface area contributed by atoms with Crippen molar-refractivity contribution in [1.29, 1.82) is 0 Å². The van der Waals surface area contributed by atoms with Crippen LogP contribution in [0.1, 0.15) is 44.4 Å². The third kappa shape index (κ3) is 3.62. The van der Waals surface area contributed by atoms with Crippen LogP contribution in [0.4, 0.5) is 11.4 Å². The number of carbonyl (C=O) groups is 1. The second-order valence-corrected chi connectivity index (χ2v) is 10.7. The van der Waals surface area contributed by atoms with Gasteiger partial charge in [0.25, 0.3) is 15.9 Å². The number of amides is 1. The van der Waals surface area contributed by atoms with Gasteiger partial charge in [-0.25, -0.2) is 17.7 Å². The molecule has 2 aliphatic heterocycles. The van der Waals surface area contributed by atoms with Crippen LogP contribution < -0.4 is 4.90 Å². The molecule has 0 N–H and O–H groups in total. The summed E-state index contributed by atoms with van der Waals surface area (Å²) in [4.78, 5) is 20.1. The highest BCUT2D eigenvalue weighted by Gasteiger charge is 2.54. The summed E-state index contributed by atoms with van der Waals surface area (Å²) in [5.74, 6) is -0.556. The van der Waals surface area contributed by atoms with Crippen LogP contribution in [0.5, 0.6) is 0 Å². The molecule has 1 atom stereocenters. The highest BCUT2D eigenvalue weighted by molar-refractivity contribution is 7.91. The topological polar surface area (TPSA) is 70.1 Å². The average Bonchev–Trinajstić information content (AvgIpc) is 3.28. The third-order valence-electron chi connectivity index (χ3n) is 5.49. The average molecular weight is 426 g/mol. The molecule has 0 spiro atoms. The Morgan fingerprint density at radius 2 is 1.53 bits per heavy atom. The molecule has 4 rings (SSSR count). The fourth-order valence-electron chi connectivity index (χ4n) is 4.18. The van der Waals surface area contributed by atoms with Gasteiger partial charge in [-0.1, -0.05) is 30.3 Å². The Morgan fingerprint density at radius 3 is 2.10 bits per heavy atom. The van der Waals surface area contributed by atoms with Gasteiger partial charge in [0.1, 0.15) is 5.71 Å². The molecule has 0 aliphatic carbocycles. The maximum Gasteiger partial charge on any atom is 0.284 e. The Morgan fingerprint density at radius 1 is 0.933 bits per heavy atom. The number of hydrogen-bond donors (Lipinski definition) is 0. The van der Waals surface area contributed by atoms with Crippen LogP contribution in [-0.4, -0.2) is 43.0 Å². The van der Waals surface area contributed by atoms with Crippen LogP contribution >= 0.6 is 0 Å².